The Kier molecular flexibility index (Phi) is 3.66. The molecule has 3 nitrogen and oxygen atoms in total. The van der Waals surface area contributed by atoms with Gasteiger partial charge < -0.3 is 10.1 Å². The number of pyridine rings is 1. The number of benzene rings is 1. The highest BCUT2D eigenvalue weighted by Gasteiger charge is 2.27. The van der Waals surface area contributed by atoms with Crippen molar-refractivity contribution in [3.63, 3.8) is 0 Å². The van der Waals surface area contributed by atoms with Gasteiger partial charge >= 0.3 is 0 Å². The SMILES string of the molecule is Cc1nc(Br)ccc1NC1c2ccccc2OCC1C. The predicted octanol–water partition coefficient (Wildman–Crippen LogP) is 4.33. The number of hydrogen-bond donors (Lipinski definition) is 1. The van der Waals surface area contributed by atoms with Crippen LogP contribution in [0, 0.1) is 12.8 Å². The molecule has 0 fully saturated rings. The third kappa shape index (κ3) is 2.52. The highest BCUT2D eigenvalue weighted by atomic mass is 79.9. The van der Waals surface area contributed by atoms with Crippen LogP contribution in [0.1, 0.15) is 24.2 Å². The minimum absolute atomic E-state index is 0.252. The Morgan fingerprint density at radius 1 is 1.25 bits per heavy atom. The van der Waals surface area contributed by atoms with Gasteiger partial charge in [0, 0.05) is 11.5 Å². The van der Waals surface area contributed by atoms with Crippen LogP contribution in [0.2, 0.25) is 0 Å². The summed E-state index contributed by atoms with van der Waals surface area (Å²) in [4.78, 5) is 4.44. The fourth-order valence-corrected chi connectivity index (χ4v) is 2.96. The number of aryl methyl sites for hydroxylation is 1. The van der Waals surface area contributed by atoms with Crippen LogP contribution in [0.15, 0.2) is 41.0 Å². The van der Waals surface area contributed by atoms with E-state index in [1.54, 1.807) is 0 Å². The zero-order valence-corrected chi connectivity index (χ0v) is 13.1. The van der Waals surface area contributed by atoms with Crippen molar-refractivity contribution in [3.8, 4) is 5.75 Å². The normalized spacial score (nSPS) is 20.9. The first-order valence-electron chi connectivity index (χ1n) is 6.76. The van der Waals surface area contributed by atoms with Crippen molar-refractivity contribution in [1.82, 2.24) is 4.98 Å². The molecule has 1 aromatic carbocycles. The van der Waals surface area contributed by atoms with Crippen LogP contribution in [-0.2, 0) is 0 Å². The molecule has 0 spiro atoms. The van der Waals surface area contributed by atoms with Crippen LogP contribution >= 0.6 is 15.9 Å². The minimum Gasteiger partial charge on any atom is -0.493 e. The van der Waals surface area contributed by atoms with E-state index in [9.17, 15) is 0 Å². The topological polar surface area (TPSA) is 34.2 Å². The molecule has 2 heterocycles. The number of rotatable bonds is 2. The molecule has 0 aliphatic carbocycles. The van der Waals surface area contributed by atoms with E-state index >= 15 is 0 Å². The Bertz CT molecular complexity index is 630. The lowest BCUT2D eigenvalue weighted by Crippen LogP contribution is -2.29. The number of aromatic nitrogens is 1. The molecule has 1 aromatic heterocycles. The number of nitrogens with zero attached hydrogens (tertiary/aromatic N) is 1. The fraction of sp³-hybridized carbons (Fsp3) is 0.312. The Morgan fingerprint density at radius 2 is 2.05 bits per heavy atom. The summed E-state index contributed by atoms with van der Waals surface area (Å²) < 4.78 is 6.65. The van der Waals surface area contributed by atoms with Crippen molar-refractivity contribution in [1.29, 1.82) is 0 Å². The first-order chi connectivity index (χ1) is 9.65. The number of fused-ring (bicyclic) bond motifs is 1. The number of anilines is 1. The van der Waals surface area contributed by atoms with Crippen molar-refractivity contribution in [2.75, 3.05) is 11.9 Å². The molecule has 1 aliphatic rings. The molecule has 0 saturated carbocycles. The van der Waals surface area contributed by atoms with E-state index in [2.05, 4.69) is 51.4 Å². The van der Waals surface area contributed by atoms with Crippen LogP contribution < -0.4 is 10.1 Å². The van der Waals surface area contributed by atoms with Crippen molar-refractivity contribution >= 4 is 21.6 Å². The number of ether oxygens (including phenoxy) is 1. The van der Waals surface area contributed by atoms with Crippen LogP contribution in [0.3, 0.4) is 0 Å². The predicted molar refractivity (Wildman–Crippen MR) is 84.1 cm³/mol. The molecule has 0 amide bonds. The molecule has 2 aromatic rings. The van der Waals surface area contributed by atoms with Crippen LogP contribution in [0.25, 0.3) is 0 Å². The lowest BCUT2D eigenvalue weighted by molar-refractivity contribution is 0.214. The number of hydrogen-bond acceptors (Lipinski definition) is 3. The average Bonchev–Trinajstić information content (AvgIpc) is 2.44. The molecule has 1 N–H and O–H groups in total. The van der Waals surface area contributed by atoms with Crippen molar-refractivity contribution in [2.24, 2.45) is 5.92 Å². The monoisotopic (exact) mass is 332 g/mol. The zero-order valence-electron chi connectivity index (χ0n) is 11.6. The second-order valence-electron chi connectivity index (χ2n) is 5.22. The molecule has 2 unspecified atom stereocenters. The van der Waals surface area contributed by atoms with Crippen LogP contribution in [-0.4, -0.2) is 11.6 Å². The van der Waals surface area contributed by atoms with Gasteiger partial charge in [-0.2, -0.15) is 0 Å². The maximum atomic E-state index is 5.79. The fourth-order valence-electron chi connectivity index (χ4n) is 2.56. The van der Waals surface area contributed by atoms with Gasteiger partial charge in [0.05, 0.1) is 24.0 Å². The summed E-state index contributed by atoms with van der Waals surface area (Å²) in [5, 5.41) is 3.62. The molecule has 1 aliphatic heterocycles. The Balaban J connectivity index is 1.93. The number of halogens is 1. The lowest BCUT2D eigenvalue weighted by Gasteiger charge is -2.33. The smallest absolute Gasteiger partial charge is 0.124 e. The summed E-state index contributed by atoms with van der Waals surface area (Å²) in [6.45, 7) is 4.95. The molecule has 4 heteroatoms. The Hall–Kier alpha value is -1.55. The molecule has 0 bridgehead atoms. The first-order valence-corrected chi connectivity index (χ1v) is 7.56. The van der Waals surface area contributed by atoms with Crippen molar-refractivity contribution in [3.05, 3.63) is 52.3 Å². The molecular formula is C16H17BrN2O. The Morgan fingerprint density at radius 3 is 2.85 bits per heavy atom. The molecule has 0 saturated heterocycles. The van der Waals surface area contributed by atoms with Crippen LogP contribution in [0.4, 0.5) is 5.69 Å². The first kappa shape index (κ1) is 13.4. The number of para-hydroxylation sites is 1. The molecule has 2 atom stereocenters. The van der Waals surface area contributed by atoms with Gasteiger partial charge in [0.25, 0.3) is 0 Å². The zero-order chi connectivity index (χ0) is 14.1. The number of nitrogens with one attached hydrogen (secondary N) is 1. The van der Waals surface area contributed by atoms with E-state index in [-0.39, 0.29) is 6.04 Å². The summed E-state index contributed by atoms with van der Waals surface area (Å²) in [6, 6.07) is 12.5. The van der Waals surface area contributed by atoms with E-state index in [0.29, 0.717) is 5.92 Å². The van der Waals surface area contributed by atoms with E-state index < -0.39 is 0 Å². The lowest BCUT2D eigenvalue weighted by atomic mass is 9.92. The van der Waals surface area contributed by atoms with Crippen molar-refractivity contribution < 1.29 is 4.74 Å². The highest BCUT2D eigenvalue weighted by molar-refractivity contribution is 9.10. The van der Waals surface area contributed by atoms with Crippen LogP contribution in [0.5, 0.6) is 5.75 Å². The van der Waals surface area contributed by atoms with Gasteiger partial charge in [-0.15, -0.1) is 0 Å². The van der Waals surface area contributed by atoms with E-state index in [1.807, 2.05) is 25.1 Å². The van der Waals surface area contributed by atoms with E-state index in [0.717, 1.165) is 28.3 Å². The van der Waals surface area contributed by atoms with Gasteiger partial charge in [-0.25, -0.2) is 4.98 Å². The second kappa shape index (κ2) is 5.44. The van der Waals surface area contributed by atoms with Gasteiger partial charge in [-0.3, -0.25) is 0 Å². The molecule has 20 heavy (non-hydrogen) atoms. The molecule has 104 valence electrons. The summed E-state index contributed by atoms with van der Waals surface area (Å²) in [6.07, 6.45) is 0. The quantitative estimate of drug-likeness (QED) is 0.831. The summed E-state index contributed by atoms with van der Waals surface area (Å²) in [5.74, 6) is 1.39. The molecule has 0 radical (unpaired) electrons. The minimum atomic E-state index is 0.252. The standard InChI is InChI=1S/C16H17BrN2O/c1-10-9-20-14-6-4-3-5-12(14)16(10)19-13-7-8-15(17)18-11(13)2/h3-8,10,16,19H,9H2,1-2H3. The highest BCUT2D eigenvalue weighted by Crippen LogP contribution is 2.37. The Labute approximate surface area is 127 Å². The largest absolute Gasteiger partial charge is 0.493 e. The summed E-state index contributed by atoms with van der Waals surface area (Å²) >= 11 is 3.40. The maximum Gasteiger partial charge on any atom is 0.124 e. The molecular weight excluding hydrogens is 316 g/mol. The van der Waals surface area contributed by atoms with Gasteiger partial charge in [0.15, 0.2) is 0 Å². The van der Waals surface area contributed by atoms with Gasteiger partial charge in [0.1, 0.15) is 10.4 Å². The van der Waals surface area contributed by atoms with Crippen molar-refractivity contribution in [2.45, 2.75) is 19.9 Å². The second-order valence-corrected chi connectivity index (χ2v) is 6.03. The maximum absolute atomic E-state index is 5.79. The third-order valence-electron chi connectivity index (χ3n) is 3.69. The summed E-state index contributed by atoms with van der Waals surface area (Å²) in [5.41, 5.74) is 3.28. The molecule has 3 rings (SSSR count). The van der Waals surface area contributed by atoms with Gasteiger partial charge in [-0.1, -0.05) is 25.1 Å². The van der Waals surface area contributed by atoms with E-state index in [4.69, 9.17) is 4.74 Å². The summed E-state index contributed by atoms with van der Waals surface area (Å²) in [7, 11) is 0. The van der Waals surface area contributed by atoms with Gasteiger partial charge in [-0.05, 0) is 41.1 Å². The van der Waals surface area contributed by atoms with E-state index in [1.165, 1.54) is 5.56 Å². The third-order valence-corrected chi connectivity index (χ3v) is 4.13. The average molecular weight is 333 g/mol. The van der Waals surface area contributed by atoms with Gasteiger partial charge in [0.2, 0.25) is 0 Å².